The average molecular weight is 317 g/mol. The number of nitrogens with zero attached hydrogens (tertiary/aromatic N) is 1. The van der Waals surface area contributed by atoms with E-state index in [4.69, 9.17) is 4.74 Å². The highest BCUT2D eigenvalue weighted by atomic mass is 32.2. The summed E-state index contributed by atoms with van der Waals surface area (Å²) in [7, 11) is 0.707. The van der Waals surface area contributed by atoms with Crippen LogP contribution in [-0.4, -0.2) is 41.5 Å². The first-order valence-electron chi connectivity index (χ1n) is 6.95. The number of amides is 1. The number of para-hydroxylation sites is 1. The minimum absolute atomic E-state index is 0.0786. The van der Waals surface area contributed by atoms with Crippen LogP contribution in [0.3, 0.4) is 0 Å². The molecule has 0 saturated carbocycles. The molecular weight excluding hydrogens is 298 g/mol. The van der Waals surface area contributed by atoms with Crippen molar-refractivity contribution in [2.45, 2.75) is 4.90 Å². The van der Waals surface area contributed by atoms with Gasteiger partial charge < -0.3 is 9.64 Å². The van der Waals surface area contributed by atoms with Crippen LogP contribution in [0.4, 0.5) is 0 Å². The average Bonchev–Trinajstić information content (AvgIpc) is 2.55. The molecule has 2 aromatic carbocycles. The number of carbonyl (C=O) groups is 1. The summed E-state index contributed by atoms with van der Waals surface area (Å²) in [6, 6.07) is 16.3. The number of hydrogen-bond donors (Lipinski definition) is 0. The van der Waals surface area contributed by atoms with Gasteiger partial charge in [0.05, 0.1) is 6.54 Å². The topological polar surface area (TPSA) is 46.6 Å². The van der Waals surface area contributed by atoms with Crippen LogP contribution < -0.4 is 4.74 Å². The van der Waals surface area contributed by atoms with E-state index in [0.717, 1.165) is 5.75 Å². The Labute approximate surface area is 133 Å². The molecule has 0 bridgehead atoms. The lowest BCUT2D eigenvalue weighted by atomic mass is 10.2. The van der Waals surface area contributed by atoms with Crippen molar-refractivity contribution in [2.24, 2.45) is 0 Å². The monoisotopic (exact) mass is 317 g/mol. The van der Waals surface area contributed by atoms with E-state index in [1.165, 1.54) is 0 Å². The normalized spacial score (nSPS) is 11.7. The SMILES string of the molecule is CN(CCOc1ccccc1)C(=O)c1ccc(S(C)=O)cc1. The number of likely N-dealkylation sites (N-methyl/N-ethyl adjacent to an activating group) is 1. The minimum Gasteiger partial charge on any atom is -0.492 e. The molecule has 2 aromatic rings. The van der Waals surface area contributed by atoms with E-state index in [1.807, 2.05) is 30.3 Å². The van der Waals surface area contributed by atoms with Crippen molar-refractivity contribution in [1.29, 1.82) is 0 Å². The summed E-state index contributed by atoms with van der Waals surface area (Å²) >= 11 is 0. The van der Waals surface area contributed by atoms with E-state index in [1.54, 1.807) is 42.5 Å². The highest BCUT2D eigenvalue weighted by Gasteiger charge is 2.11. The van der Waals surface area contributed by atoms with Crippen LogP contribution in [0.25, 0.3) is 0 Å². The summed E-state index contributed by atoms with van der Waals surface area (Å²) in [4.78, 5) is 14.6. The lowest BCUT2D eigenvalue weighted by molar-refractivity contribution is 0.0773. The first-order valence-corrected chi connectivity index (χ1v) is 8.50. The van der Waals surface area contributed by atoms with E-state index in [9.17, 15) is 9.00 Å². The predicted octanol–water partition coefficient (Wildman–Crippen LogP) is 2.58. The van der Waals surface area contributed by atoms with Gasteiger partial charge in [0.1, 0.15) is 12.4 Å². The smallest absolute Gasteiger partial charge is 0.253 e. The second-order valence-corrected chi connectivity index (χ2v) is 6.25. The Hall–Kier alpha value is -2.14. The third-order valence-electron chi connectivity index (χ3n) is 3.22. The molecule has 2 rings (SSSR count). The molecule has 0 radical (unpaired) electrons. The van der Waals surface area contributed by atoms with Crippen molar-refractivity contribution in [1.82, 2.24) is 4.90 Å². The van der Waals surface area contributed by atoms with Crippen LogP contribution in [0.2, 0.25) is 0 Å². The Balaban J connectivity index is 1.87. The fraction of sp³-hybridized carbons (Fsp3) is 0.235. The molecule has 1 atom stereocenters. The van der Waals surface area contributed by atoms with E-state index in [-0.39, 0.29) is 5.91 Å². The first-order chi connectivity index (χ1) is 10.6. The maximum absolute atomic E-state index is 12.3. The van der Waals surface area contributed by atoms with E-state index in [2.05, 4.69) is 0 Å². The molecule has 0 aromatic heterocycles. The molecule has 0 heterocycles. The quantitative estimate of drug-likeness (QED) is 0.822. The van der Waals surface area contributed by atoms with Gasteiger partial charge in [-0.2, -0.15) is 0 Å². The lowest BCUT2D eigenvalue weighted by Crippen LogP contribution is -2.30. The van der Waals surface area contributed by atoms with Gasteiger partial charge in [-0.3, -0.25) is 9.00 Å². The van der Waals surface area contributed by atoms with Gasteiger partial charge in [0.25, 0.3) is 5.91 Å². The van der Waals surface area contributed by atoms with Gasteiger partial charge in [0.15, 0.2) is 0 Å². The maximum Gasteiger partial charge on any atom is 0.253 e. The molecule has 4 nitrogen and oxygen atoms in total. The molecule has 0 aliphatic heterocycles. The van der Waals surface area contributed by atoms with Gasteiger partial charge in [-0.25, -0.2) is 0 Å². The Morgan fingerprint density at radius 2 is 1.73 bits per heavy atom. The number of hydrogen-bond acceptors (Lipinski definition) is 3. The largest absolute Gasteiger partial charge is 0.492 e. The van der Waals surface area contributed by atoms with Crippen LogP contribution >= 0.6 is 0 Å². The molecule has 0 aliphatic carbocycles. The molecule has 0 spiro atoms. The van der Waals surface area contributed by atoms with E-state index < -0.39 is 10.8 Å². The Morgan fingerprint density at radius 3 is 2.32 bits per heavy atom. The molecule has 1 unspecified atom stereocenters. The van der Waals surface area contributed by atoms with Gasteiger partial charge in [0.2, 0.25) is 0 Å². The highest BCUT2D eigenvalue weighted by molar-refractivity contribution is 7.84. The summed E-state index contributed by atoms with van der Waals surface area (Å²) in [5, 5.41) is 0. The summed E-state index contributed by atoms with van der Waals surface area (Å²) in [5.74, 6) is 0.711. The predicted molar refractivity (Wildman–Crippen MR) is 87.7 cm³/mol. The van der Waals surface area contributed by atoms with Crippen LogP contribution in [-0.2, 0) is 10.8 Å². The first kappa shape index (κ1) is 16.2. The minimum atomic E-state index is -1.03. The maximum atomic E-state index is 12.3. The van der Waals surface area contributed by atoms with Crippen molar-refractivity contribution in [3.8, 4) is 5.75 Å². The second kappa shape index (κ2) is 7.75. The van der Waals surface area contributed by atoms with E-state index >= 15 is 0 Å². The lowest BCUT2D eigenvalue weighted by Gasteiger charge is -2.17. The van der Waals surface area contributed by atoms with Crippen molar-refractivity contribution >= 4 is 16.7 Å². The summed E-state index contributed by atoms with van der Waals surface area (Å²) in [6.07, 6.45) is 1.61. The van der Waals surface area contributed by atoms with Crippen LogP contribution in [0, 0.1) is 0 Å². The van der Waals surface area contributed by atoms with Crippen molar-refractivity contribution in [3.05, 3.63) is 60.2 Å². The molecule has 5 heteroatoms. The molecule has 0 aliphatic rings. The Bertz CT molecular complexity index is 641. The van der Waals surface area contributed by atoms with Crippen LogP contribution in [0.1, 0.15) is 10.4 Å². The number of rotatable bonds is 6. The Morgan fingerprint density at radius 1 is 1.09 bits per heavy atom. The summed E-state index contributed by atoms with van der Waals surface area (Å²) < 4.78 is 16.9. The molecule has 1 amide bonds. The third kappa shape index (κ3) is 4.43. The molecule has 0 saturated heterocycles. The molecular formula is C17H19NO3S. The fourth-order valence-electron chi connectivity index (χ4n) is 1.93. The number of carbonyl (C=O) groups excluding carboxylic acids is 1. The molecule has 0 fully saturated rings. The second-order valence-electron chi connectivity index (χ2n) is 4.87. The van der Waals surface area contributed by atoms with Gasteiger partial charge in [-0.15, -0.1) is 0 Å². The van der Waals surface area contributed by atoms with Gasteiger partial charge >= 0.3 is 0 Å². The summed E-state index contributed by atoms with van der Waals surface area (Å²) in [6.45, 7) is 0.929. The zero-order valence-corrected chi connectivity index (χ0v) is 13.5. The Kier molecular flexibility index (Phi) is 5.72. The summed E-state index contributed by atoms with van der Waals surface area (Å²) in [5.41, 5.74) is 0.580. The molecule has 0 N–H and O–H groups in total. The van der Waals surface area contributed by atoms with Crippen molar-refractivity contribution in [2.75, 3.05) is 26.5 Å². The van der Waals surface area contributed by atoms with Crippen LogP contribution in [0.15, 0.2) is 59.5 Å². The molecule has 22 heavy (non-hydrogen) atoms. The van der Waals surface area contributed by atoms with Crippen molar-refractivity contribution in [3.63, 3.8) is 0 Å². The number of ether oxygens (including phenoxy) is 1. The fourth-order valence-corrected chi connectivity index (χ4v) is 2.45. The van der Waals surface area contributed by atoms with Gasteiger partial charge in [-0.1, -0.05) is 18.2 Å². The van der Waals surface area contributed by atoms with Gasteiger partial charge in [0, 0.05) is 34.6 Å². The molecule has 116 valence electrons. The van der Waals surface area contributed by atoms with Crippen molar-refractivity contribution < 1.29 is 13.7 Å². The highest BCUT2D eigenvalue weighted by Crippen LogP contribution is 2.10. The van der Waals surface area contributed by atoms with Gasteiger partial charge in [-0.05, 0) is 36.4 Å². The van der Waals surface area contributed by atoms with Crippen LogP contribution in [0.5, 0.6) is 5.75 Å². The zero-order valence-electron chi connectivity index (χ0n) is 12.7. The third-order valence-corrected chi connectivity index (χ3v) is 4.15. The standard InChI is InChI=1S/C17H19NO3S/c1-18(12-13-21-15-6-4-3-5-7-15)17(19)14-8-10-16(11-9-14)22(2)20/h3-11H,12-13H2,1-2H3. The zero-order chi connectivity index (χ0) is 15.9. The van der Waals surface area contributed by atoms with E-state index in [0.29, 0.717) is 23.6 Å². The number of benzene rings is 2.